The number of hydrogen-bond acceptors (Lipinski definition) is 5. The molecule has 0 amide bonds. The highest BCUT2D eigenvalue weighted by Crippen LogP contribution is 2.25. The molecule has 1 aromatic carbocycles. The van der Waals surface area contributed by atoms with Crippen molar-refractivity contribution in [2.24, 2.45) is 0 Å². The lowest BCUT2D eigenvalue weighted by Gasteiger charge is -2.08. The van der Waals surface area contributed by atoms with E-state index in [1.54, 1.807) is 12.4 Å². The van der Waals surface area contributed by atoms with Gasteiger partial charge in [-0.1, -0.05) is 41.7 Å². The van der Waals surface area contributed by atoms with Crippen LogP contribution in [0.15, 0.2) is 48.8 Å². The molecule has 3 rings (SSSR count). The normalized spacial score (nSPS) is 9.96. The van der Waals surface area contributed by atoms with Gasteiger partial charge in [-0.25, -0.2) is 4.98 Å². The molecule has 5 heteroatoms. The van der Waals surface area contributed by atoms with E-state index in [0.717, 1.165) is 16.7 Å². The van der Waals surface area contributed by atoms with Gasteiger partial charge in [0.25, 0.3) is 0 Å². The van der Waals surface area contributed by atoms with Crippen LogP contribution in [0.25, 0.3) is 11.3 Å². The summed E-state index contributed by atoms with van der Waals surface area (Å²) >= 11 is 0. The van der Waals surface area contributed by atoms with Crippen molar-refractivity contribution in [2.45, 2.75) is 6.92 Å². The second-order valence-corrected chi connectivity index (χ2v) is 5.05. The van der Waals surface area contributed by atoms with E-state index in [0.29, 0.717) is 11.3 Å². The number of pyridine rings is 1. The Kier molecular flexibility index (Phi) is 3.89. The van der Waals surface area contributed by atoms with Crippen LogP contribution < -0.4 is 11.5 Å². The Morgan fingerprint density at radius 1 is 0.957 bits per heavy atom. The van der Waals surface area contributed by atoms with E-state index in [9.17, 15) is 0 Å². The SMILES string of the molecule is Cc1ccc(-c2nc(N)nc(N)c2C#Cc2cccnc2)cc1. The molecule has 0 atom stereocenters. The molecule has 4 N–H and O–H groups in total. The van der Waals surface area contributed by atoms with E-state index in [4.69, 9.17) is 11.5 Å². The molecule has 112 valence electrons. The Hall–Kier alpha value is -3.39. The van der Waals surface area contributed by atoms with Crippen LogP contribution in [0.2, 0.25) is 0 Å². The molecule has 0 aliphatic heterocycles. The maximum atomic E-state index is 6.00. The quantitative estimate of drug-likeness (QED) is 0.674. The van der Waals surface area contributed by atoms with Crippen molar-refractivity contribution in [3.8, 4) is 23.1 Å². The molecule has 5 nitrogen and oxygen atoms in total. The summed E-state index contributed by atoms with van der Waals surface area (Å²) in [7, 11) is 0. The predicted octanol–water partition coefficient (Wildman–Crippen LogP) is 2.41. The molecule has 0 bridgehead atoms. The molecule has 0 radical (unpaired) electrons. The first-order chi connectivity index (χ1) is 11.1. The maximum absolute atomic E-state index is 6.00. The van der Waals surface area contributed by atoms with Crippen LogP contribution in [-0.2, 0) is 0 Å². The Morgan fingerprint density at radius 3 is 2.43 bits per heavy atom. The number of rotatable bonds is 1. The summed E-state index contributed by atoms with van der Waals surface area (Å²) in [6.07, 6.45) is 3.39. The standard InChI is InChI=1S/C18H15N5/c1-12-4-7-14(8-5-12)16-15(17(19)23-18(20)22-16)9-6-13-3-2-10-21-11-13/h2-5,7-8,10-11H,1H3,(H4,19,20,22,23). The fourth-order valence-electron chi connectivity index (χ4n) is 2.11. The fourth-order valence-corrected chi connectivity index (χ4v) is 2.11. The Labute approximate surface area is 134 Å². The molecule has 0 unspecified atom stereocenters. The molecule has 2 heterocycles. The van der Waals surface area contributed by atoms with Crippen LogP contribution in [0.5, 0.6) is 0 Å². The smallest absolute Gasteiger partial charge is 0.222 e. The van der Waals surface area contributed by atoms with Gasteiger partial charge in [0.2, 0.25) is 5.95 Å². The number of nitrogens with two attached hydrogens (primary N) is 2. The van der Waals surface area contributed by atoms with Crippen LogP contribution >= 0.6 is 0 Å². The molecule has 3 aromatic rings. The van der Waals surface area contributed by atoms with Crippen molar-refractivity contribution in [1.82, 2.24) is 15.0 Å². The lowest BCUT2D eigenvalue weighted by atomic mass is 10.0. The number of nitrogens with zero attached hydrogens (tertiary/aromatic N) is 3. The van der Waals surface area contributed by atoms with Gasteiger partial charge in [-0.15, -0.1) is 0 Å². The van der Waals surface area contributed by atoms with Crippen molar-refractivity contribution in [3.05, 3.63) is 65.5 Å². The predicted molar refractivity (Wildman–Crippen MR) is 91.2 cm³/mol. The van der Waals surface area contributed by atoms with Crippen molar-refractivity contribution in [3.63, 3.8) is 0 Å². The molecule has 2 aromatic heterocycles. The van der Waals surface area contributed by atoms with Crippen LogP contribution in [0.4, 0.5) is 11.8 Å². The highest BCUT2D eigenvalue weighted by molar-refractivity contribution is 5.74. The third-order valence-corrected chi connectivity index (χ3v) is 3.27. The third-order valence-electron chi connectivity index (χ3n) is 3.27. The number of anilines is 2. The maximum Gasteiger partial charge on any atom is 0.222 e. The van der Waals surface area contributed by atoms with Gasteiger partial charge in [0.15, 0.2) is 0 Å². The topological polar surface area (TPSA) is 90.7 Å². The van der Waals surface area contributed by atoms with Crippen LogP contribution in [0.3, 0.4) is 0 Å². The van der Waals surface area contributed by atoms with E-state index >= 15 is 0 Å². The Bertz CT molecular complexity index is 890. The molecule has 0 saturated carbocycles. The number of benzene rings is 1. The second kappa shape index (κ2) is 6.16. The molecular weight excluding hydrogens is 286 g/mol. The monoisotopic (exact) mass is 301 g/mol. The Balaban J connectivity index is 2.13. The largest absolute Gasteiger partial charge is 0.382 e. The van der Waals surface area contributed by atoms with Gasteiger partial charge in [-0.05, 0) is 19.1 Å². The summed E-state index contributed by atoms with van der Waals surface area (Å²) in [6.45, 7) is 2.02. The van der Waals surface area contributed by atoms with Crippen molar-refractivity contribution < 1.29 is 0 Å². The van der Waals surface area contributed by atoms with Crippen molar-refractivity contribution >= 4 is 11.8 Å². The number of nitrogen functional groups attached to an aromatic ring is 2. The first kappa shape index (κ1) is 14.5. The van der Waals surface area contributed by atoms with E-state index in [1.807, 2.05) is 43.3 Å². The minimum atomic E-state index is 0.130. The van der Waals surface area contributed by atoms with Crippen molar-refractivity contribution in [1.29, 1.82) is 0 Å². The summed E-state index contributed by atoms with van der Waals surface area (Å²) in [4.78, 5) is 12.4. The number of aryl methyl sites for hydroxylation is 1. The third kappa shape index (κ3) is 3.27. The fraction of sp³-hybridized carbons (Fsp3) is 0.0556. The zero-order chi connectivity index (χ0) is 16.2. The van der Waals surface area contributed by atoms with Crippen molar-refractivity contribution in [2.75, 3.05) is 11.5 Å². The highest BCUT2D eigenvalue weighted by atomic mass is 15.0. The molecular formula is C18H15N5. The average molecular weight is 301 g/mol. The first-order valence-corrected chi connectivity index (χ1v) is 7.05. The van der Waals surface area contributed by atoms with E-state index in [1.165, 1.54) is 0 Å². The molecule has 0 fully saturated rings. The molecule has 0 aliphatic rings. The minimum absolute atomic E-state index is 0.130. The second-order valence-electron chi connectivity index (χ2n) is 5.05. The summed E-state index contributed by atoms with van der Waals surface area (Å²) in [5, 5.41) is 0. The molecule has 0 saturated heterocycles. The van der Waals surface area contributed by atoms with Gasteiger partial charge in [0, 0.05) is 23.5 Å². The lowest BCUT2D eigenvalue weighted by Crippen LogP contribution is -2.05. The van der Waals surface area contributed by atoms with Gasteiger partial charge >= 0.3 is 0 Å². The minimum Gasteiger partial charge on any atom is -0.382 e. The molecule has 0 spiro atoms. The zero-order valence-corrected chi connectivity index (χ0v) is 12.6. The van der Waals surface area contributed by atoms with Gasteiger partial charge in [0.1, 0.15) is 5.82 Å². The number of aromatic nitrogens is 3. The number of hydrogen-bond donors (Lipinski definition) is 2. The van der Waals surface area contributed by atoms with Crippen LogP contribution in [0, 0.1) is 18.8 Å². The first-order valence-electron chi connectivity index (χ1n) is 7.05. The van der Waals surface area contributed by atoms with Gasteiger partial charge in [-0.3, -0.25) is 4.98 Å². The summed E-state index contributed by atoms with van der Waals surface area (Å²) in [6, 6.07) is 11.6. The summed E-state index contributed by atoms with van der Waals surface area (Å²) in [5.41, 5.74) is 15.8. The van der Waals surface area contributed by atoms with E-state index in [2.05, 4.69) is 26.8 Å². The van der Waals surface area contributed by atoms with E-state index in [-0.39, 0.29) is 11.8 Å². The highest BCUT2D eigenvalue weighted by Gasteiger charge is 2.11. The van der Waals surface area contributed by atoms with E-state index < -0.39 is 0 Å². The Morgan fingerprint density at radius 2 is 1.74 bits per heavy atom. The van der Waals surface area contributed by atoms with Gasteiger partial charge < -0.3 is 11.5 Å². The zero-order valence-electron chi connectivity index (χ0n) is 12.6. The van der Waals surface area contributed by atoms with Gasteiger partial charge in [-0.2, -0.15) is 4.98 Å². The molecule has 0 aliphatic carbocycles. The summed E-state index contributed by atoms with van der Waals surface area (Å²) in [5.74, 6) is 6.47. The summed E-state index contributed by atoms with van der Waals surface area (Å²) < 4.78 is 0. The van der Waals surface area contributed by atoms with Crippen LogP contribution in [-0.4, -0.2) is 15.0 Å². The molecule has 23 heavy (non-hydrogen) atoms. The average Bonchev–Trinajstić information content (AvgIpc) is 2.55. The van der Waals surface area contributed by atoms with Gasteiger partial charge in [0.05, 0.1) is 11.3 Å². The lowest BCUT2D eigenvalue weighted by molar-refractivity contribution is 1.19. The van der Waals surface area contributed by atoms with Crippen LogP contribution in [0.1, 0.15) is 16.7 Å².